The van der Waals surface area contributed by atoms with Crippen LogP contribution < -0.4 is 0 Å². The van der Waals surface area contributed by atoms with Crippen molar-refractivity contribution < 1.29 is 94.5 Å². The van der Waals surface area contributed by atoms with Crippen LogP contribution in [0.2, 0.25) is 0 Å². The first-order valence-corrected chi connectivity index (χ1v) is 19.4. The van der Waals surface area contributed by atoms with Gasteiger partial charge in [-0.3, -0.25) is 0 Å². The lowest BCUT2D eigenvalue weighted by molar-refractivity contribution is -0.345. The van der Waals surface area contributed by atoms with Crippen LogP contribution in [0.5, 0.6) is 0 Å². The molecule has 0 spiro atoms. The SMILES string of the molecule is O=C(C=CC1CCC(O)CC1)OC[C@H]1O[C@@H](OC2CC(O)CC3OC(C4CC(O)C(O)C(O)C4)C(O[C@@H]4O[C@H](CO)[C@@H](O)[C@H](O)[C@H]4O)CC32)[C@H](O)[C@@H](O)[C@@H]1O. The van der Waals surface area contributed by atoms with Crippen LogP contribution >= 0.6 is 0 Å². The number of carbonyl (C=O) groups is 1. The minimum absolute atomic E-state index is 0.00286. The summed E-state index contributed by atoms with van der Waals surface area (Å²) in [7, 11) is 0. The number of carbonyl (C=O) groups excluding carboxylic acids is 1. The first kappa shape index (κ1) is 43.1. The predicted molar refractivity (Wildman–Crippen MR) is 181 cm³/mol. The van der Waals surface area contributed by atoms with Crippen LogP contribution in [0, 0.1) is 17.8 Å². The predicted octanol–water partition coefficient (Wildman–Crippen LogP) is -4.56. The zero-order valence-electron chi connectivity index (χ0n) is 30.4. The van der Waals surface area contributed by atoms with E-state index in [9.17, 15) is 66.1 Å². The first-order chi connectivity index (χ1) is 26.1. The molecule has 12 N–H and O–H groups in total. The lowest BCUT2D eigenvalue weighted by Gasteiger charge is -2.52. The molecule has 3 aliphatic heterocycles. The molecule has 6 fully saturated rings. The van der Waals surface area contributed by atoms with Crippen LogP contribution in [0.25, 0.3) is 0 Å². The Balaban J connectivity index is 1.16. The van der Waals surface area contributed by atoms with Gasteiger partial charge in [-0.05, 0) is 63.2 Å². The average Bonchev–Trinajstić information content (AvgIpc) is 3.16. The average molecular weight is 795 g/mol. The Morgan fingerprint density at radius 2 is 1.18 bits per heavy atom. The van der Waals surface area contributed by atoms with Gasteiger partial charge in [0.05, 0.1) is 55.4 Å². The first-order valence-electron chi connectivity index (χ1n) is 19.4. The Labute approximate surface area is 317 Å². The topological polar surface area (TPSA) is 315 Å². The van der Waals surface area contributed by atoms with Gasteiger partial charge in [0.15, 0.2) is 12.6 Å². The van der Waals surface area contributed by atoms with E-state index in [1.165, 1.54) is 6.08 Å². The number of allylic oxidation sites excluding steroid dienone is 1. The molecule has 0 bridgehead atoms. The molecule has 19 nitrogen and oxygen atoms in total. The Kier molecular flexibility index (Phi) is 14.6. The fourth-order valence-electron chi connectivity index (χ4n) is 9.01. The van der Waals surface area contributed by atoms with E-state index in [1.54, 1.807) is 6.08 Å². The van der Waals surface area contributed by atoms with Crippen LogP contribution in [-0.4, -0.2) is 197 Å². The third-order valence-corrected chi connectivity index (χ3v) is 12.3. The third-order valence-electron chi connectivity index (χ3n) is 12.3. The molecule has 6 rings (SSSR count). The fraction of sp³-hybridized carbons (Fsp3) is 0.917. The van der Waals surface area contributed by atoms with Gasteiger partial charge in [-0.1, -0.05) is 6.08 Å². The van der Waals surface area contributed by atoms with Crippen LogP contribution in [0.4, 0.5) is 0 Å². The van der Waals surface area contributed by atoms with E-state index in [0.29, 0.717) is 12.8 Å². The molecule has 0 radical (unpaired) electrons. The quantitative estimate of drug-likeness (QED) is 0.0732. The van der Waals surface area contributed by atoms with Crippen LogP contribution in [0.3, 0.4) is 0 Å². The van der Waals surface area contributed by atoms with Gasteiger partial charge in [0.1, 0.15) is 61.5 Å². The van der Waals surface area contributed by atoms with E-state index >= 15 is 0 Å². The summed E-state index contributed by atoms with van der Waals surface area (Å²) in [4.78, 5) is 12.5. The molecule has 3 saturated carbocycles. The lowest BCUT2D eigenvalue weighted by Crippen LogP contribution is -2.63. The summed E-state index contributed by atoms with van der Waals surface area (Å²) in [5.41, 5.74) is 0. The summed E-state index contributed by atoms with van der Waals surface area (Å²) in [5, 5.41) is 126. The summed E-state index contributed by atoms with van der Waals surface area (Å²) in [5.74, 6) is -1.85. The van der Waals surface area contributed by atoms with E-state index in [0.717, 1.165) is 12.8 Å². The van der Waals surface area contributed by atoms with Crippen molar-refractivity contribution in [3.63, 3.8) is 0 Å². The molecule has 0 aromatic carbocycles. The van der Waals surface area contributed by atoms with Crippen molar-refractivity contribution in [1.29, 1.82) is 0 Å². The second-order valence-corrected chi connectivity index (χ2v) is 16.1. The highest BCUT2D eigenvalue weighted by molar-refractivity contribution is 5.81. The molecule has 0 aromatic heterocycles. The number of aliphatic hydroxyl groups excluding tert-OH is 12. The van der Waals surface area contributed by atoms with Crippen molar-refractivity contribution in [3.05, 3.63) is 12.2 Å². The van der Waals surface area contributed by atoms with E-state index in [-0.39, 0.29) is 44.1 Å². The molecule has 316 valence electrons. The van der Waals surface area contributed by atoms with Gasteiger partial charge in [-0.2, -0.15) is 0 Å². The third kappa shape index (κ3) is 9.88. The van der Waals surface area contributed by atoms with Crippen molar-refractivity contribution in [2.75, 3.05) is 13.2 Å². The Bertz CT molecular complexity index is 1250. The second-order valence-electron chi connectivity index (χ2n) is 16.1. The molecule has 19 heteroatoms. The molecular weight excluding hydrogens is 736 g/mol. The zero-order chi connectivity index (χ0) is 39.7. The summed E-state index contributed by atoms with van der Waals surface area (Å²) < 4.78 is 35.7. The minimum Gasteiger partial charge on any atom is -0.460 e. The highest BCUT2D eigenvalue weighted by atomic mass is 16.7. The Hall–Kier alpha value is -1.47. The molecule has 3 aliphatic carbocycles. The monoisotopic (exact) mass is 794 g/mol. The Morgan fingerprint density at radius 3 is 1.80 bits per heavy atom. The number of fused-ring (bicyclic) bond motifs is 1. The van der Waals surface area contributed by atoms with Gasteiger partial charge in [-0.25, -0.2) is 4.79 Å². The summed E-state index contributed by atoms with van der Waals surface area (Å²) in [6.07, 6.45) is -19.2. The van der Waals surface area contributed by atoms with E-state index < -0.39 is 141 Å². The van der Waals surface area contributed by atoms with Crippen molar-refractivity contribution in [1.82, 2.24) is 0 Å². The fourth-order valence-corrected chi connectivity index (χ4v) is 9.01. The molecular formula is C36H58O19. The smallest absolute Gasteiger partial charge is 0.330 e. The maximum Gasteiger partial charge on any atom is 0.330 e. The van der Waals surface area contributed by atoms with Gasteiger partial charge >= 0.3 is 5.97 Å². The number of esters is 1. The summed E-state index contributed by atoms with van der Waals surface area (Å²) >= 11 is 0. The van der Waals surface area contributed by atoms with E-state index in [2.05, 4.69) is 0 Å². The standard InChI is InChI=1S/C36H58O19/c37-12-24-28(44)30(46)32(48)36(54-24)53-23-11-18-21(51-34(23)15-7-19(40)27(43)20(41)8-15)9-17(39)10-22(18)52-35-33(49)31(47)29(45)25(55-35)13-50-26(42)6-3-14-1-4-16(38)5-2-14/h3,6,14-25,27-41,43-49H,1-2,4-5,7-13H2/t14?,15?,16?,17?,18?,19?,20?,21?,22?,23?,24-,25-,27?,28-,29-,30+,31+,32-,33-,34?,35-,36-/m1/s1. The molecule has 6 aliphatic rings. The molecule has 55 heavy (non-hydrogen) atoms. The van der Waals surface area contributed by atoms with Gasteiger partial charge in [0.25, 0.3) is 0 Å². The number of ether oxygens (including phenoxy) is 6. The molecule has 3 saturated heterocycles. The van der Waals surface area contributed by atoms with Crippen LogP contribution in [-0.2, 0) is 33.2 Å². The number of hydrogen-bond donors (Lipinski definition) is 12. The molecule has 0 amide bonds. The highest BCUT2D eigenvalue weighted by Crippen LogP contribution is 2.45. The summed E-state index contributed by atoms with van der Waals surface area (Å²) in [6, 6.07) is 0. The molecule has 8 unspecified atom stereocenters. The zero-order valence-corrected chi connectivity index (χ0v) is 30.4. The van der Waals surface area contributed by atoms with Crippen molar-refractivity contribution in [2.45, 2.75) is 174 Å². The maximum atomic E-state index is 12.5. The lowest BCUT2D eigenvalue weighted by atomic mass is 9.72. The highest BCUT2D eigenvalue weighted by Gasteiger charge is 2.54. The van der Waals surface area contributed by atoms with Crippen LogP contribution in [0.1, 0.15) is 57.8 Å². The van der Waals surface area contributed by atoms with Gasteiger partial charge < -0.3 is 89.7 Å². The van der Waals surface area contributed by atoms with Crippen molar-refractivity contribution >= 4 is 5.97 Å². The number of hydrogen-bond acceptors (Lipinski definition) is 19. The van der Waals surface area contributed by atoms with Crippen molar-refractivity contribution in [3.8, 4) is 0 Å². The van der Waals surface area contributed by atoms with E-state index in [4.69, 9.17) is 28.4 Å². The molecule has 18 atom stereocenters. The van der Waals surface area contributed by atoms with Gasteiger partial charge in [-0.15, -0.1) is 0 Å². The number of rotatable bonds is 10. The molecule has 0 aromatic rings. The van der Waals surface area contributed by atoms with E-state index in [1.807, 2.05) is 0 Å². The molecule has 3 heterocycles. The van der Waals surface area contributed by atoms with Crippen LogP contribution in [0.15, 0.2) is 12.2 Å². The summed E-state index contributed by atoms with van der Waals surface area (Å²) in [6.45, 7) is -1.20. The second kappa shape index (κ2) is 18.6. The van der Waals surface area contributed by atoms with Crippen molar-refractivity contribution in [2.24, 2.45) is 17.8 Å². The van der Waals surface area contributed by atoms with Gasteiger partial charge in [0.2, 0.25) is 0 Å². The Morgan fingerprint density at radius 1 is 0.600 bits per heavy atom. The minimum atomic E-state index is -1.77. The normalized spacial score (nSPS) is 51.1. The largest absolute Gasteiger partial charge is 0.460 e. The van der Waals surface area contributed by atoms with Gasteiger partial charge in [0, 0.05) is 18.4 Å². The number of aliphatic hydroxyl groups is 12. The maximum absolute atomic E-state index is 12.5.